The van der Waals surface area contributed by atoms with Crippen LogP contribution in [0.2, 0.25) is 0 Å². The minimum absolute atomic E-state index is 0.196. The van der Waals surface area contributed by atoms with E-state index in [0.717, 1.165) is 17.7 Å². The second-order valence-electron chi connectivity index (χ2n) is 5.51. The van der Waals surface area contributed by atoms with Crippen LogP contribution in [0.3, 0.4) is 0 Å². The van der Waals surface area contributed by atoms with Gasteiger partial charge >= 0.3 is 0 Å². The summed E-state index contributed by atoms with van der Waals surface area (Å²) in [6.45, 7) is 3.66. The van der Waals surface area contributed by atoms with Crippen LogP contribution < -0.4 is 4.90 Å². The lowest BCUT2D eigenvalue weighted by molar-refractivity contribution is 0.165. The number of fused-ring (bicyclic) bond motifs is 1. The minimum Gasteiger partial charge on any atom is -0.391 e. The number of aliphatic hydroxyl groups excluding tert-OH is 1. The van der Waals surface area contributed by atoms with E-state index in [1.54, 1.807) is 4.90 Å². The van der Waals surface area contributed by atoms with Crippen LogP contribution in [-0.2, 0) is 16.5 Å². The fourth-order valence-corrected chi connectivity index (χ4v) is 3.57. The normalized spacial score (nSPS) is 23.7. The van der Waals surface area contributed by atoms with E-state index in [4.69, 9.17) is 0 Å². The van der Waals surface area contributed by atoms with E-state index >= 15 is 0 Å². The fourth-order valence-electron chi connectivity index (χ4n) is 2.78. The van der Waals surface area contributed by atoms with Gasteiger partial charge in [0, 0.05) is 18.7 Å². The lowest BCUT2D eigenvalue weighted by atomic mass is 10.1. The van der Waals surface area contributed by atoms with Gasteiger partial charge in [-0.3, -0.25) is 4.55 Å². The Morgan fingerprint density at radius 3 is 2.65 bits per heavy atom. The van der Waals surface area contributed by atoms with Crippen LogP contribution in [0.25, 0.3) is 0 Å². The molecule has 2 N–H and O–H groups in total. The average Bonchev–Trinajstić information content (AvgIpc) is 2.64. The molecule has 0 bridgehead atoms. The summed E-state index contributed by atoms with van der Waals surface area (Å²) in [5, 5.41) is 10.0. The Morgan fingerprint density at radius 2 is 2.05 bits per heavy atom. The van der Waals surface area contributed by atoms with Gasteiger partial charge < -0.3 is 10.0 Å². The first-order valence-electron chi connectivity index (χ1n) is 6.80. The first kappa shape index (κ1) is 15.3. The maximum atomic E-state index is 11.8. The number of rotatable bonds is 5. The molecule has 1 heterocycles. The SMILES string of the molecule is CCCC(O)CN1c2ccccc2CC1(C)S(=O)(=O)O. The van der Waals surface area contributed by atoms with Gasteiger partial charge in [0.05, 0.1) is 6.10 Å². The largest absolute Gasteiger partial charge is 0.391 e. The molecule has 1 aromatic rings. The zero-order valence-corrected chi connectivity index (χ0v) is 12.6. The monoisotopic (exact) mass is 299 g/mol. The molecule has 6 heteroatoms. The molecule has 0 saturated heterocycles. The Balaban J connectivity index is 2.41. The van der Waals surface area contributed by atoms with Crippen molar-refractivity contribution in [2.45, 2.75) is 44.1 Å². The smallest absolute Gasteiger partial charge is 0.289 e. The Bertz CT molecular complexity index is 587. The molecule has 1 aliphatic heterocycles. The molecular formula is C14H21NO4S. The third-order valence-corrected chi connectivity index (χ3v) is 5.42. The van der Waals surface area contributed by atoms with Gasteiger partial charge in [-0.05, 0) is 25.0 Å². The summed E-state index contributed by atoms with van der Waals surface area (Å²) in [5.74, 6) is 0. The van der Waals surface area contributed by atoms with Gasteiger partial charge in [-0.2, -0.15) is 8.42 Å². The van der Waals surface area contributed by atoms with Crippen LogP contribution in [0.5, 0.6) is 0 Å². The number of aliphatic hydroxyl groups is 1. The van der Waals surface area contributed by atoms with Crippen molar-refractivity contribution in [1.29, 1.82) is 0 Å². The summed E-state index contributed by atoms with van der Waals surface area (Å²) in [5.41, 5.74) is 1.64. The molecule has 5 nitrogen and oxygen atoms in total. The highest BCUT2D eigenvalue weighted by Gasteiger charge is 2.49. The van der Waals surface area contributed by atoms with Crippen LogP contribution >= 0.6 is 0 Å². The molecule has 0 aliphatic carbocycles. The second-order valence-corrected chi connectivity index (χ2v) is 7.34. The van der Waals surface area contributed by atoms with E-state index in [2.05, 4.69) is 0 Å². The minimum atomic E-state index is -4.26. The maximum Gasteiger partial charge on any atom is 0.289 e. The van der Waals surface area contributed by atoms with E-state index in [1.807, 2.05) is 31.2 Å². The van der Waals surface area contributed by atoms with Crippen molar-refractivity contribution in [2.24, 2.45) is 0 Å². The summed E-state index contributed by atoms with van der Waals surface area (Å²) >= 11 is 0. The standard InChI is InChI=1S/C14H21NO4S/c1-3-6-12(16)10-15-13-8-5-4-7-11(13)9-14(15,2)20(17,18)19/h4-5,7-8,12,16H,3,6,9-10H2,1-2H3,(H,17,18,19). The second kappa shape index (κ2) is 5.35. The molecule has 112 valence electrons. The highest BCUT2D eigenvalue weighted by atomic mass is 32.2. The first-order valence-corrected chi connectivity index (χ1v) is 8.24. The lowest BCUT2D eigenvalue weighted by Gasteiger charge is -2.35. The Morgan fingerprint density at radius 1 is 1.40 bits per heavy atom. The van der Waals surface area contributed by atoms with Crippen LogP contribution in [-0.4, -0.2) is 35.6 Å². The number of hydrogen-bond donors (Lipinski definition) is 2. The van der Waals surface area contributed by atoms with Gasteiger partial charge in [0.2, 0.25) is 0 Å². The molecule has 2 rings (SSSR count). The highest BCUT2D eigenvalue weighted by molar-refractivity contribution is 7.87. The van der Waals surface area contributed by atoms with E-state index in [9.17, 15) is 18.1 Å². The van der Waals surface area contributed by atoms with Crippen LogP contribution in [0.4, 0.5) is 5.69 Å². The Labute approximate surface area is 120 Å². The summed E-state index contributed by atoms with van der Waals surface area (Å²) in [7, 11) is -4.26. The zero-order chi connectivity index (χ0) is 15.0. The van der Waals surface area contributed by atoms with Gasteiger partial charge in [0.25, 0.3) is 10.1 Å². The molecule has 0 aromatic heterocycles. The summed E-state index contributed by atoms with van der Waals surface area (Å²) in [6.07, 6.45) is 1.02. The average molecular weight is 299 g/mol. The number of para-hydroxylation sites is 1. The van der Waals surface area contributed by atoms with Crippen molar-refractivity contribution in [3.05, 3.63) is 29.8 Å². The van der Waals surface area contributed by atoms with Crippen LogP contribution in [0, 0.1) is 0 Å². The fraction of sp³-hybridized carbons (Fsp3) is 0.571. The van der Waals surface area contributed by atoms with Gasteiger partial charge in [-0.1, -0.05) is 31.5 Å². The Hall–Kier alpha value is -1.11. The first-order chi connectivity index (χ1) is 9.29. The number of hydrogen-bond acceptors (Lipinski definition) is 4. The molecule has 0 amide bonds. The van der Waals surface area contributed by atoms with Crippen molar-refractivity contribution in [3.63, 3.8) is 0 Å². The molecule has 0 spiro atoms. The summed E-state index contributed by atoms with van der Waals surface area (Å²) < 4.78 is 33.2. The van der Waals surface area contributed by atoms with Crippen molar-refractivity contribution >= 4 is 15.8 Å². The van der Waals surface area contributed by atoms with Crippen LogP contribution in [0.15, 0.2) is 24.3 Å². The van der Waals surface area contributed by atoms with Gasteiger partial charge in [-0.15, -0.1) is 0 Å². The molecule has 0 saturated carbocycles. The van der Waals surface area contributed by atoms with E-state index < -0.39 is 21.1 Å². The predicted molar refractivity (Wildman–Crippen MR) is 78.4 cm³/mol. The van der Waals surface area contributed by atoms with Gasteiger partial charge in [0.1, 0.15) is 0 Å². The third kappa shape index (κ3) is 2.55. The predicted octanol–water partition coefficient (Wildman–Crippen LogP) is 1.81. The topological polar surface area (TPSA) is 77.8 Å². The number of benzene rings is 1. The molecule has 0 radical (unpaired) electrons. The molecule has 1 aliphatic rings. The Kier molecular flexibility index (Phi) is 4.09. The number of nitrogens with zero attached hydrogens (tertiary/aromatic N) is 1. The van der Waals surface area contributed by atoms with Crippen molar-refractivity contribution in [1.82, 2.24) is 0 Å². The quantitative estimate of drug-likeness (QED) is 0.811. The van der Waals surface area contributed by atoms with Crippen LogP contribution in [0.1, 0.15) is 32.3 Å². The zero-order valence-electron chi connectivity index (χ0n) is 11.8. The molecule has 2 unspecified atom stereocenters. The summed E-state index contributed by atoms with van der Waals surface area (Å²) in [4.78, 5) is 0.198. The molecule has 2 atom stereocenters. The molecule has 1 aromatic carbocycles. The van der Waals surface area contributed by atoms with E-state index in [1.165, 1.54) is 6.92 Å². The van der Waals surface area contributed by atoms with Gasteiger partial charge in [-0.25, -0.2) is 0 Å². The van der Waals surface area contributed by atoms with E-state index in [0.29, 0.717) is 6.42 Å². The lowest BCUT2D eigenvalue weighted by Crippen LogP contribution is -2.52. The van der Waals surface area contributed by atoms with E-state index in [-0.39, 0.29) is 13.0 Å². The molecular weight excluding hydrogens is 278 g/mol. The van der Waals surface area contributed by atoms with Gasteiger partial charge in [0.15, 0.2) is 4.87 Å². The highest BCUT2D eigenvalue weighted by Crippen LogP contribution is 2.41. The molecule has 20 heavy (non-hydrogen) atoms. The van der Waals surface area contributed by atoms with Crippen molar-refractivity contribution in [3.8, 4) is 0 Å². The number of anilines is 1. The number of β-amino-alcohol motifs (C(OH)–C–C–N with tert-alkyl or cyclic N) is 1. The third-order valence-electron chi connectivity index (χ3n) is 3.94. The maximum absolute atomic E-state index is 11.8. The van der Waals surface area contributed by atoms with Crippen molar-refractivity contribution in [2.75, 3.05) is 11.4 Å². The molecule has 0 fully saturated rings. The van der Waals surface area contributed by atoms with Crippen molar-refractivity contribution < 1.29 is 18.1 Å². The summed E-state index contributed by atoms with van der Waals surface area (Å²) in [6, 6.07) is 7.35.